The average molecular weight is 353 g/mol. The molecule has 0 saturated carbocycles. The lowest BCUT2D eigenvalue weighted by Gasteiger charge is -2.06. The van der Waals surface area contributed by atoms with Crippen LogP contribution in [0.4, 0.5) is 5.69 Å². The first-order valence-corrected chi connectivity index (χ1v) is 8.53. The number of fused-ring (bicyclic) bond motifs is 1. The van der Waals surface area contributed by atoms with Gasteiger partial charge in [0.1, 0.15) is 5.65 Å². The van der Waals surface area contributed by atoms with E-state index in [4.69, 9.17) is 17.3 Å². The van der Waals surface area contributed by atoms with E-state index in [0.717, 1.165) is 39.4 Å². The molecular formula is C20H21ClN4. The molecule has 2 heterocycles. The van der Waals surface area contributed by atoms with Gasteiger partial charge < -0.3 is 16.0 Å². The molecule has 0 aliphatic carbocycles. The van der Waals surface area contributed by atoms with Gasteiger partial charge in [0.2, 0.25) is 0 Å². The summed E-state index contributed by atoms with van der Waals surface area (Å²) in [4.78, 5) is 7.53. The van der Waals surface area contributed by atoms with Crippen LogP contribution >= 0.6 is 11.6 Å². The highest BCUT2D eigenvalue weighted by atomic mass is 35.5. The average Bonchev–Trinajstić information content (AvgIpc) is 3.02. The molecule has 1 aromatic carbocycles. The summed E-state index contributed by atoms with van der Waals surface area (Å²) in [5, 5.41) is 5.20. The van der Waals surface area contributed by atoms with Crippen LogP contribution in [-0.2, 0) is 6.42 Å². The molecule has 0 bridgehead atoms. The van der Waals surface area contributed by atoms with Gasteiger partial charge in [-0.3, -0.25) is 0 Å². The minimum Gasteiger partial charge on any atom is -0.402 e. The zero-order valence-corrected chi connectivity index (χ0v) is 14.8. The molecule has 4 nitrogen and oxygen atoms in total. The number of pyridine rings is 1. The summed E-state index contributed by atoms with van der Waals surface area (Å²) < 4.78 is 0. The van der Waals surface area contributed by atoms with Crippen molar-refractivity contribution in [2.24, 2.45) is 5.73 Å². The zero-order valence-electron chi connectivity index (χ0n) is 14.1. The van der Waals surface area contributed by atoms with Gasteiger partial charge in [0, 0.05) is 47.2 Å². The maximum absolute atomic E-state index is 6.07. The van der Waals surface area contributed by atoms with Crippen molar-refractivity contribution in [1.29, 1.82) is 0 Å². The smallest absolute Gasteiger partial charge is 0.137 e. The molecule has 128 valence electrons. The number of H-pyrrole nitrogens is 1. The number of hydrogen-bond acceptors (Lipinski definition) is 3. The predicted molar refractivity (Wildman–Crippen MR) is 106 cm³/mol. The Morgan fingerprint density at radius 1 is 1.28 bits per heavy atom. The van der Waals surface area contributed by atoms with Crippen molar-refractivity contribution < 1.29 is 0 Å². The Kier molecular flexibility index (Phi) is 5.41. The van der Waals surface area contributed by atoms with Crippen LogP contribution < -0.4 is 11.1 Å². The molecule has 25 heavy (non-hydrogen) atoms. The fourth-order valence-corrected chi connectivity index (χ4v) is 2.77. The molecule has 0 fully saturated rings. The van der Waals surface area contributed by atoms with Gasteiger partial charge in [-0.05, 0) is 54.5 Å². The number of nitrogens with one attached hydrogen (secondary N) is 2. The maximum Gasteiger partial charge on any atom is 0.137 e. The number of nitrogens with two attached hydrogens (primary N) is 1. The van der Waals surface area contributed by atoms with E-state index in [0.29, 0.717) is 6.54 Å². The van der Waals surface area contributed by atoms with E-state index in [1.54, 1.807) is 6.20 Å². The molecule has 4 N–H and O–H groups in total. The van der Waals surface area contributed by atoms with Gasteiger partial charge in [0.25, 0.3) is 0 Å². The topological polar surface area (TPSA) is 66.7 Å². The number of anilines is 1. The highest BCUT2D eigenvalue weighted by Gasteiger charge is 2.06. The van der Waals surface area contributed by atoms with Crippen LogP contribution in [0.2, 0.25) is 5.02 Å². The van der Waals surface area contributed by atoms with E-state index in [1.807, 2.05) is 43.5 Å². The summed E-state index contributed by atoms with van der Waals surface area (Å²) in [6, 6.07) is 11.7. The third kappa shape index (κ3) is 4.43. The van der Waals surface area contributed by atoms with Crippen molar-refractivity contribution in [1.82, 2.24) is 9.97 Å². The Bertz CT molecular complexity index is 903. The standard InChI is InChI=1S/C20H21ClN4/c1-14(22)15(4-2-10-23-18-8-6-17(21)7-9-18)12-16-13-25-20-19(16)5-3-11-24-20/h2-9,11,13,23H,10,12,22H2,1H3,(H,24,25)/b4-2-,15-14+. The van der Waals surface area contributed by atoms with Gasteiger partial charge in [-0.25, -0.2) is 4.98 Å². The van der Waals surface area contributed by atoms with Crippen molar-refractivity contribution in [3.05, 3.63) is 82.8 Å². The van der Waals surface area contributed by atoms with Gasteiger partial charge in [-0.1, -0.05) is 23.8 Å². The number of nitrogens with zero attached hydrogens (tertiary/aromatic N) is 1. The van der Waals surface area contributed by atoms with Gasteiger partial charge in [0.15, 0.2) is 0 Å². The van der Waals surface area contributed by atoms with Crippen molar-refractivity contribution in [2.45, 2.75) is 13.3 Å². The van der Waals surface area contributed by atoms with Crippen LogP contribution in [0.3, 0.4) is 0 Å². The number of halogens is 1. The minimum atomic E-state index is 0.716. The number of aromatic nitrogens is 2. The lowest BCUT2D eigenvalue weighted by Crippen LogP contribution is -2.01. The zero-order chi connectivity index (χ0) is 17.6. The van der Waals surface area contributed by atoms with Crippen molar-refractivity contribution in [3.63, 3.8) is 0 Å². The molecule has 0 aliphatic heterocycles. The molecule has 0 saturated heterocycles. The first-order chi connectivity index (χ1) is 12.1. The van der Waals surface area contributed by atoms with E-state index in [2.05, 4.69) is 33.5 Å². The van der Waals surface area contributed by atoms with Gasteiger partial charge in [-0.15, -0.1) is 0 Å². The third-order valence-electron chi connectivity index (χ3n) is 4.01. The molecule has 5 heteroatoms. The second kappa shape index (κ2) is 7.90. The lowest BCUT2D eigenvalue weighted by molar-refractivity contribution is 1.12. The minimum absolute atomic E-state index is 0.716. The predicted octanol–water partition coefficient (Wildman–Crippen LogP) is 4.66. The molecular weight excluding hydrogens is 332 g/mol. The summed E-state index contributed by atoms with van der Waals surface area (Å²) >= 11 is 5.89. The summed E-state index contributed by atoms with van der Waals surface area (Å²) in [5.41, 5.74) is 11.1. The van der Waals surface area contributed by atoms with Gasteiger partial charge >= 0.3 is 0 Å². The second-order valence-electron chi connectivity index (χ2n) is 5.89. The molecule has 0 spiro atoms. The van der Waals surface area contributed by atoms with Gasteiger partial charge in [-0.2, -0.15) is 0 Å². The van der Waals surface area contributed by atoms with Crippen LogP contribution in [-0.4, -0.2) is 16.5 Å². The van der Waals surface area contributed by atoms with Crippen molar-refractivity contribution in [2.75, 3.05) is 11.9 Å². The monoisotopic (exact) mass is 352 g/mol. The molecule has 0 amide bonds. The molecule has 0 aliphatic rings. The summed E-state index contributed by atoms with van der Waals surface area (Å²) in [5.74, 6) is 0. The number of benzene rings is 1. The van der Waals surface area contributed by atoms with E-state index < -0.39 is 0 Å². The SMILES string of the molecule is C/C(N)=C(/C=C\CNc1ccc(Cl)cc1)Cc1c[nH]c2ncccc12. The van der Waals surface area contributed by atoms with Crippen LogP contribution in [0, 0.1) is 0 Å². The lowest BCUT2D eigenvalue weighted by atomic mass is 10.0. The Morgan fingerprint density at radius 3 is 2.84 bits per heavy atom. The Balaban J connectivity index is 1.65. The van der Waals surface area contributed by atoms with Crippen molar-refractivity contribution >= 4 is 28.3 Å². The van der Waals surface area contributed by atoms with Gasteiger partial charge in [0.05, 0.1) is 0 Å². The van der Waals surface area contributed by atoms with Crippen LogP contribution in [0.15, 0.2) is 72.2 Å². The largest absolute Gasteiger partial charge is 0.402 e. The highest BCUT2D eigenvalue weighted by Crippen LogP contribution is 2.20. The summed E-state index contributed by atoms with van der Waals surface area (Å²) in [6.45, 7) is 2.65. The number of aromatic amines is 1. The highest BCUT2D eigenvalue weighted by molar-refractivity contribution is 6.30. The van der Waals surface area contributed by atoms with Crippen LogP contribution in [0.5, 0.6) is 0 Å². The molecule has 0 unspecified atom stereocenters. The maximum atomic E-state index is 6.07. The molecule has 3 rings (SSSR count). The normalized spacial score (nSPS) is 12.6. The quantitative estimate of drug-likeness (QED) is 0.565. The van der Waals surface area contributed by atoms with Crippen molar-refractivity contribution in [3.8, 4) is 0 Å². The summed E-state index contributed by atoms with van der Waals surface area (Å²) in [6.07, 6.45) is 8.71. The fraction of sp³-hybridized carbons (Fsp3) is 0.150. The number of rotatable bonds is 6. The Morgan fingerprint density at radius 2 is 2.08 bits per heavy atom. The molecule has 3 aromatic rings. The van der Waals surface area contributed by atoms with E-state index in [-0.39, 0.29) is 0 Å². The second-order valence-corrected chi connectivity index (χ2v) is 6.33. The Labute approximate surface area is 152 Å². The molecule has 2 aromatic heterocycles. The number of allylic oxidation sites excluding steroid dienone is 3. The van der Waals surface area contributed by atoms with Crippen LogP contribution in [0.1, 0.15) is 12.5 Å². The van der Waals surface area contributed by atoms with E-state index in [9.17, 15) is 0 Å². The fourth-order valence-electron chi connectivity index (χ4n) is 2.64. The van der Waals surface area contributed by atoms with E-state index in [1.165, 1.54) is 5.56 Å². The first-order valence-electron chi connectivity index (χ1n) is 8.15. The van der Waals surface area contributed by atoms with Crippen LogP contribution in [0.25, 0.3) is 11.0 Å². The number of hydrogen-bond donors (Lipinski definition) is 3. The molecule has 0 atom stereocenters. The van der Waals surface area contributed by atoms with E-state index >= 15 is 0 Å². The summed E-state index contributed by atoms with van der Waals surface area (Å²) in [7, 11) is 0. The first kappa shape index (κ1) is 17.1. The Hall–Kier alpha value is -2.72. The molecule has 0 radical (unpaired) electrons. The third-order valence-corrected chi connectivity index (χ3v) is 4.26.